The first kappa shape index (κ1) is 17.3. The topological polar surface area (TPSA) is 81.2 Å². The van der Waals surface area contributed by atoms with Crippen LogP contribution in [0.5, 0.6) is 0 Å². The smallest absolute Gasteiger partial charge is 0.267 e. The molecule has 1 fully saturated rings. The molecule has 1 aromatic heterocycles. The highest BCUT2D eigenvalue weighted by Crippen LogP contribution is 2.24. The highest BCUT2D eigenvalue weighted by atomic mass is 35.5. The lowest BCUT2D eigenvalue weighted by molar-refractivity contribution is 0.0570. The number of nitrogens with two attached hydrogens (primary N) is 1. The minimum atomic E-state index is -0.220. The van der Waals surface area contributed by atoms with Gasteiger partial charge in [-0.05, 0) is 18.8 Å². The standard InChI is InChI=1S/C14H20N4O2S.ClH/c1-9-2-3-17(10(6-9)7-15)12(19)11-8-16-14-18(13(11)20)4-5-21-14;/h8-10H,2-7,15H2,1H3;1H. The molecule has 2 atom stereocenters. The summed E-state index contributed by atoms with van der Waals surface area (Å²) in [6, 6.07) is 0.0216. The van der Waals surface area contributed by atoms with Crippen LogP contribution < -0.4 is 11.3 Å². The number of fused-ring (bicyclic) bond motifs is 1. The lowest BCUT2D eigenvalue weighted by Gasteiger charge is -2.37. The van der Waals surface area contributed by atoms with Crippen molar-refractivity contribution in [3.05, 3.63) is 22.1 Å². The van der Waals surface area contributed by atoms with Crippen molar-refractivity contribution >= 4 is 30.1 Å². The number of halogens is 1. The normalized spacial score (nSPS) is 23.8. The summed E-state index contributed by atoms with van der Waals surface area (Å²) in [5.41, 5.74) is 5.76. The second kappa shape index (κ2) is 7.02. The van der Waals surface area contributed by atoms with E-state index in [4.69, 9.17) is 5.73 Å². The van der Waals surface area contributed by atoms with Gasteiger partial charge >= 0.3 is 0 Å². The van der Waals surface area contributed by atoms with E-state index in [-0.39, 0.29) is 35.5 Å². The van der Waals surface area contributed by atoms with Gasteiger partial charge in [-0.1, -0.05) is 18.7 Å². The minimum absolute atomic E-state index is 0. The van der Waals surface area contributed by atoms with Gasteiger partial charge in [0, 0.05) is 37.6 Å². The highest BCUT2D eigenvalue weighted by molar-refractivity contribution is 7.99. The van der Waals surface area contributed by atoms with E-state index < -0.39 is 0 Å². The molecule has 1 aromatic rings. The van der Waals surface area contributed by atoms with Gasteiger partial charge in [0.2, 0.25) is 0 Å². The van der Waals surface area contributed by atoms with Crippen LogP contribution in [0.15, 0.2) is 16.1 Å². The number of hydrogen-bond donors (Lipinski definition) is 1. The lowest BCUT2D eigenvalue weighted by atomic mass is 9.92. The number of rotatable bonds is 2. The first-order valence-electron chi connectivity index (χ1n) is 7.35. The Kier molecular flexibility index (Phi) is 5.52. The van der Waals surface area contributed by atoms with Crippen molar-refractivity contribution in [3.63, 3.8) is 0 Å². The Balaban J connectivity index is 0.00000176. The van der Waals surface area contributed by atoms with Crippen molar-refractivity contribution in [2.24, 2.45) is 11.7 Å². The second-order valence-corrected chi connectivity index (χ2v) is 6.84. The van der Waals surface area contributed by atoms with E-state index in [1.807, 2.05) is 0 Å². The SMILES string of the molecule is CC1CCN(C(=O)c2cnc3n(c2=O)CCS3)C(CN)C1.Cl. The van der Waals surface area contributed by atoms with Crippen LogP contribution in [0.25, 0.3) is 0 Å². The third-order valence-corrected chi connectivity index (χ3v) is 5.27. The Morgan fingerprint density at radius 2 is 2.27 bits per heavy atom. The molecule has 2 N–H and O–H groups in total. The van der Waals surface area contributed by atoms with Crippen LogP contribution in [-0.2, 0) is 6.54 Å². The largest absolute Gasteiger partial charge is 0.334 e. The Hall–Kier alpha value is -1.05. The zero-order valence-electron chi connectivity index (χ0n) is 12.5. The third-order valence-electron chi connectivity index (χ3n) is 4.30. The van der Waals surface area contributed by atoms with Crippen molar-refractivity contribution in [3.8, 4) is 0 Å². The fraction of sp³-hybridized carbons (Fsp3) is 0.643. The molecule has 2 aliphatic rings. The van der Waals surface area contributed by atoms with Gasteiger partial charge in [0.25, 0.3) is 11.5 Å². The van der Waals surface area contributed by atoms with Crippen LogP contribution in [0, 0.1) is 5.92 Å². The molecular formula is C14H21ClN4O2S. The van der Waals surface area contributed by atoms with E-state index in [1.54, 1.807) is 21.2 Å². The Labute approximate surface area is 139 Å². The van der Waals surface area contributed by atoms with Gasteiger partial charge < -0.3 is 10.6 Å². The van der Waals surface area contributed by atoms with E-state index in [0.29, 0.717) is 30.7 Å². The summed E-state index contributed by atoms with van der Waals surface area (Å²) in [4.78, 5) is 31.1. The number of piperidine rings is 1. The van der Waals surface area contributed by atoms with Gasteiger partial charge in [-0.15, -0.1) is 12.4 Å². The van der Waals surface area contributed by atoms with E-state index in [1.165, 1.54) is 6.20 Å². The quantitative estimate of drug-likeness (QED) is 0.808. The molecule has 3 rings (SSSR count). The van der Waals surface area contributed by atoms with E-state index in [9.17, 15) is 9.59 Å². The van der Waals surface area contributed by atoms with Gasteiger partial charge in [0.15, 0.2) is 5.16 Å². The maximum absolute atomic E-state index is 12.7. The summed E-state index contributed by atoms with van der Waals surface area (Å²) in [6.07, 6.45) is 3.29. The zero-order chi connectivity index (χ0) is 15.0. The lowest BCUT2D eigenvalue weighted by Crippen LogP contribution is -2.50. The molecule has 0 spiro atoms. The summed E-state index contributed by atoms with van der Waals surface area (Å²) >= 11 is 1.55. The number of carbonyl (C=O) groups excluding carboxylic acids is 1. The average Bonchev–Trinajstić information content (AvgIpc) is 2.96. The predicted octanol–water partition coefficient (Wildman–Crippen LogP) is 0.970. The molecule has 0 saturated carbocycles. The fourth-order valence-electron chi connectivity index (χ4n) is 3.06. The van der Waals surface area contributed by atoms with Crippen molar-refractivity contribution in [1.82, 2.24) is 14.5 Å². The molecule has 2 unspecified atom stereocenters. The van der Waals surface area contributed by atoms with E-state index >= 15 is 0 Å². The van der Waals surface area contributed by atoms with Crippen molar-refractivity contribution in [1.29, 1.82) is 0 Å². The van der Waals surface area contributed by atoms with Crippen LogP contribution in [0.1, 0.15) is 30.1 Å². The molecule has 1 amide bonds. The Bertz CT molecular complexity index is 621. The molecule has 122 valence electrons. The number of carbonyl (C=O) groups is 1. The molecule has 0 radical (unpaired) electrons. The van der Waals surface area contributed by atoms with Gasteiger partial charge in [0.1, 0.15) is 5.56 Å². The first-order valence-corrected chi connectivity index (χ1v) is 8.34. The molecule has 3 heterocycles. The van der Waals surface area contributed by atoms with E-state index in [0.717, 1.165) is 18.6 Å². The second-order valence-electron chi connectivity index (χ2n) is 5.78. The monoisotopic (exact) mass is 344 g/mol. The summed E-state index contributed by atoms with van der Waals surface area (Å²) in [7, 11) is 0. The van der Waals surface area contributed by atoms with Crippen molar-refractivity contribution in [2.45, 2.75) is 37.5 Å². The van der Waals surface area contributed by atoms with Gasteiger partial charge in [-0.3, -0.25) is 14.2 Å². The Morgan fingerprint density at radius 3 is 3.00 bits per heavy atom. The number of thioether (sulfide) groups is 1. The molecule has 6 nitrogen and oxygen atoms in total. The Morgan fingerprint density at radius 1 is 1.50 bits per heavy atom. The maximum Gasteiger partial charge on any atom is 0.267 e. The molecule has 1 saturated heterocycles. The number of aromatic nitrogens is 2. The summed E-state index contributed by atoms with van der Waals surface area (Å²) < 4.78 is 1.60. The van der Waals surface area contributed by atoms with Gasteiger partial charge in [-0.25, -0.2) is 4.98 Å². The maximum atomic E-state index is 12.7. The van der Waals surface area contributed by atoms with Crippen molar-refractivity contribution < 1.29 is 4.79 Å². The van der Waals surface area contributed by atoms with E-state index in [2.05, 4.69) is 11.9 Å². The number of hydrogen-bond acceptors (Lipinski definition) is 5. The van der Waals surface area contributed by atoms with Crippen LogP contribution in [-0.4, -0.2) is 45.2 Å². The van der Waals surface area contributed by atoms with Crippen LogP contribution in [0.2, 0.25) is 0 Å². The molecule has 0 bridgehead atoms. The van der Waals surface area contributed by atoms with Crippen LogP contribution in [0.3, 0.4) is 0 Å². The molecule has 0 aliphatic carbocycles. The average molecular weight is 345 g/mol. The molecule has 2 aliphatic heterocycles. The summed E-state index contributed by atoms with van der Waals surface area (Å²) in [5, 5.41) is 0.708. The zero-order valence-corrected chi connectivity index (χ0v) is 14.2. The third kappa shape index (κ3) is 3.02. The van der Waals surface area contributed by atoms with Crippen LogP contribution >= 0.6 is 24.2 Å². The molecule has 22 heavy (non-hydrogen) atoms. The number of nitrogens with zero attached hydrogens (tertiary/aromatic N) is 3. The highest BCUT2D eigenvalue weighted by Gasteiger charge is 2.31. The van der Waals surface area contributed by atoms with Gasteiger partial charge in [-0.2, -0.15) is 0 Å². The summed E-state index contributed by atoms with van der Waals surface area (Å²) in [5.74, 6) is 1.19. The molecule has 0 aromatic carbocycles. The van der Waals surface area contributed by atoms with Crippen molar-refractivity contribution in [2.75, 3.05) is 18.8 Å². The van der Waals surface area contributed by atoms with Crippen LogP contribution in [0.4, 0.5) is 0 Å². The van der Waals surface area contributed by atoms with Gasteiger partial charge in [0.05, 0.1) is 0 Å². The minimum Gasteiger partial charge on any atom is -0.334 e. The molecular weight excluding hydrogens is 324 g/mol. The summed E-state index contributed by atoms with van der Waals surface area (Å²) in [6.45, 7) is 3.90. The predicted molar refractivity (Wildman–Crippen MR) is 88.7 cm³/mol. The first-order chi connectivity index (χ1) is 10.1. The fourth-order valence-corrected chi connectivity index (χ4v) is 3.98. The number of amides is 1. The molecule has 8 heteroatoms. The number of likely N-dealkylation sites (tertiary alicyclic amines) is 1.